The zero-order valence-electron chi connectivity index (χ0n) is 19.4. The number of carbonyl (C=O) groups is 2. The first-order valence-electron chi connectivity index (χ1n) is 11.0. The second-order valence-corrected chi connectivity index (χ2v) is 11.2. The molecule has 4 rings (SSSR count). The van der Waals surface area contributed by atoms with Crippen molar-refractivity contribution in [3.05, 3.63) is 83.0 Å². The number of carboxylic acids is 1. The molecule has 0 saturated heterocycles. The number of halogens is 1. The van der Waals surface area contributed by atoms with Crippen LogP contribution in [0.25, 0.3) is 22.1 Å². The zero-order chi connectivity index (χ0) is 26.0. The van der Waals surface area contributed by atoms with Crippen molar-refractivity contribution in [3.63, 3.8) is 0 Å². The monoisotopic (exact) mass is 570 g/mol. The summed E-state index contributed by atoms with van der Waals surface area (Å²) in [5.74, 6) is -1.83. The number of rotatable bonds is 8. The van der Waals surface area contributed by atoms with Crippen LogP contribution in [0.5, 0.6) is 0 Å². The summed E-state index contributed by atoms with van der Waals surface area (Å²) in [7, 11) is -4.00. The molecule has 1 heterocycles. The molecule has 0 aliphatic heterocycles. The highest BCUT2D eigenvalue weighted by Gasteiger charge is 2.28. The maximum atomic E-state index is 12.6. The molecule has 0 bridgehead atoms. The topological polar surface area (TPSA) is 126 Å². The van der Waals surface area contributed by atoms with Crippen LogP contribution in [0.2, 0.25) is 0 Å². The number of fused-ring (bicyclic) bond motifs is 1. The van der Waals surface area contributed by atoms with Crippen molar-refractivity contribution in [3.8, 4) is 11.1 Å². The number of carboxylic acid groups (broad SMARTS) is 1. The lowest BCUT2D eigenvalue weighted by Crippen LogP contribution is -2.44. The van der Waals surface area contributed by atoms with Gasteiger partial charge in [0.2, 0.25) is 10.0 Å². The van der Waals surface area contributed by atoms with Crippen molar-refractivity contribution in [1.82, 2.24) is 4.72 Å². The average Bonchev–Trinajstić information content (AvgIpc) is 3.26. The lowest BCUT2D eigenvalue weighted by Gasteiger charge is -2.18. The predicted octanol–water partition coefficient (Wildman–Crippen LogP) is 5.50. The fourth-order valence-corrected chi connectivity index (χ4v) is 5.31. The molecular weight excluding hydrogens is 548 g/mol. The number of nitrogens with one attached hydrogen (secondary N) is 2. The molecule has 0 spiro atoms. The smallest absolute Gasteiger partial charge is 0.322 e. The van der Waals surface area contributed by atoms with Gasteiger partial charge in [0.05, 0.1) is 4.90 Å². The molecule has 1 amide bonds. The van der Waals surface area contributed by atoms with Gasteiger partial charge >= 0.3 is 5.97 Å². The number of aliphatic carboxylic acids is 1. The van der Waals surface area contributed by atoms with Crippen molar-refractivity contribution in [2.24, 2.45) is 5.92 Å². The Morgan fingerprint density at radius 3 is 2.11 bits per heavy atom. The lowest BCUT2D eigenvalue weighted by atomic mass is 10.1. The van der Waals surface area contributed by atoms with E-state index >= 15 is 0 Å². The van der Waals surface area contributed by atoms with Crippen molar-refractivity contribution >= 4 is 54.5 Å². The summed E-state index contributed by atoms with van der Waals surface area (Å²) in [4.78, 5) is 23.9. The van der Waals surface area contributed by atoms with Gasteiger partial charge in [-0.2, -0.15) is 4.72 Å². The molecule has 0 aliphatic rings. The molecule has 8 nitrogen and oxygen atoms in total. The Hall–Kier alpha value is -3.47. The van der Waals surface area contributed by atoms with Gasteiger partial charge in [-0.1, -0.05) is 54.0 Å². The maximum absolute atomic E-state index is 12.6. The molecule has 3 aromatic carbocycles. The van der Waals surface area contributed by atoms with Crippen LogP contribution >= 0.6 is 15.9 Å². The maximum Gasteiger partial charge on any atom is 0.322 e. The van der Waals surface area contributed by atoms with Gasteiger partial charge in [0.15, 0.2) is 5.76 Å². The van der Waals surface area contributed by atoms with E-state index in [0.717, 1.165) is 21.0 Å². The third-order valence-electron chi connectivity index (χ3n) is 5.56. The minimum Gasteiger partial charge on any atom is -0.480 e. The van der Waals surface area contributed by atoms with Crippen LogP contribution in [0.3, 0.4) is 0 Å². The molecule has 3 N–H and O–H groups in total. The highest BCUT2D eigenvalue weighted by molar-refractivity contribution is 9.10. The standard InChI is InChI=1S/C26H23BrN2O6S/c1-15(2)24(26(31)32)29-36(33,34)21-10-5-17(6-11-21)16-3-8-20(9-4-16)28-25(30)23-14-18-13-19(27)7-12-22(18)35-23/h3-15,24,29H,1-2H3,(H,28,30)(H,31,32)/t24-/m0/s1. The van der Waals surface area contributed by atoms with Gasteiger partial charge in [-0.05, 0) is 65.6 Å². The highest BCUT2D eigenvalue weighted by atomic mass is 79.9. The summed E-state index contributed by atoms with van der Waals surface area (Å²) in [5.41, 5.74) is 2.75. The Morgan fingerprint density at radius 1 is 0.917 bits per heavy atom. The Labute approximate surface area is 216 Å². The molecule has 0 radical (unpaired) electrons. The van der Waals surface area contributed by atoms with Crippen LogP contribution < -0.4 is 10.0 Å². The minimum absolute atomic E-state index is 0.0279. The highest BCUT2D eigenvalue weighted by Crippen LogP contribution is 2.26. The number of hydrogen-bond acceptors (Lipinski definition) is 5. The van der Waals surface area contributed by atoms with Crippen LogP contribution in [-0.4, -0.2) is 31.4 Å². The Bertz CT molecular complexity index is 1530. The van der Waals surface area contributed by atoms with Gasteiger partial charge in [0.1, 0.15) is 11.6 Å². The van der Waals surface area contributed by atoms with E-state index in [0.29, 0.717) is 11.3 Å². The second-order valence-electron chi connectivity index (χ2n) is 8.53. The molecular formula is C26H23BrN2O6S. The third kappa shape index (κ3) is 5.67. The van der Waals surface area contributed by atoms with Crippen LogP contribution in [0.15, 0.2) is 86.6 Å². The van der Waals surface area contributed by atoms with Crippen molar-refractivity contribution in [1.29, 1.82) is 0 Å². The fourth-order valence-electron chi connectivity index (χ4n) is 3.60. The normalized spacial score (nSPS) is 12.6. The number of carbonyl (C=O) groups excluding carboxylic acids is 1. The average molecular weight is 571 g/mol. The Balaban J connectivity index is 1.45. The number of benzene rings is 3. The molecule has 0 saturated carbocycles. The van der Waals surface area contributed by atoms with Gasteiger partial charge in [-0.25, -0.2) is 8.42 Å². The molecule has 36 heavy (non-hydrogen) atoms. The number of sulfonamides is 1. The molecule has 0 aliphatic carbocycles. The summed E-state index contributed by atoms with van der Waals surface area (Å²) in [6.07, 6.45) is 0. The van der Waals surface area contributed by atoms with Gasteiger partial charge < -0.3 is 14.8 Å². The summed E-state index contributed by atoms with van der Waals surface area (Å²) in [5, 5.41) is 12.9. The van der Waals surface area contributed by atoms with Gasteiger partial charge in [0, 0.05) is 15.5 Å². The molecule has 0 unspecified atom stereocenters. The van der Waals surface area contributed by atoms with Crippen molar-refractivity contribution in [2.45, 2.75) is 24.8 Å². The van der Waals surface area contributed by atoms with Crippen LogP contribution in [-0.2, 0) is 14.8 Å². The summed E-state index contributed by atoms with van der Waals surface area (Å²) in [6, 6.07) is 19.1. The van der Waals surface area contributed by atoms with E-state index in [1.54, 1.807) is 62.4 Å². The molecule has 186 valence electrons. The largest absolute Gasteiger partial charge is 0.480 e. The number of hydrogen-bond donors (Lipinski definition) is 3. The Kier molecular flexibility index (Phi) is 7.30. The molecule has 1 atom stereocenters. The van der Waals surface area contributed by atoms with Crippen LogP contribution in [0.1, 0.15) is 24.4 Å². The van der Waals surface area contributed by atoms with E-state index in [1.807, 2.05) is 12.1 Å². The number of anilines is 1. The first-order chi connectivity index (χ1) is 17.0. The van der Waals surface area contributed by atoms with E-state index in [9.17, 15) is 23.1 Å². The van der Waals surface area contributed by atoms with Gasteiger partial charge in [-0.15, -0.1) is 0 Å². The number of amides is 1. The zero-order valence-corrected chi connectivity index (χ0v) is 21.8. The molecule has 4 aromatic rings. The second kappa shape index (κ2) is 10.3. The first-order valence-corrected chi connectivity index (χ1v) is 13.3. The van der Waals surface area contributed by atoms with Gasteiger partial charge in [-0.3, -0.25) is 9.59 Å². The Morgan fingerprint density at radius 2 is 1.53 bits per heavy atom. The number of furan rings is 1. The first kappa shape index (κ1) is 25.6. The SMILES string of the molecule is CC(C)[C@H](NS(=O)(=O)c1ccc(-c2ccc(NC(=O)c3cc4cc(Br)ccc4o3)cc2)cc1)C(=O)O. The summed E-state index contributed by atoms with van der Waals surface area (Å²) in [6.45, 7) is 3.26. The van der Waals surface area contributed by atoms with E-state index in [4.69, 9.17) is 4.42 Å². The van der Waals surface area contributed by atoms with Gasteiger partial charge in [0.25, 0.3) is 5.91 Å². The molecule has 10 heteroatoms. The molecule has 1 aromatic heterocycles. The predicted molar refractivity (Wildman–Crippen MR) is 140 cm³/mol. The van der Waals surface area contributed by atoms with E-state index in [2.05, 4.69) is 26.0 Å². The summed E-state index contributed by atoms with van der Waals surface area (Å²) < 4.78 is 34.0. The van der Waals surface area contributed by atoms with E-state index < -0.39 is 28.0 Å². The summed E-state index contributed by atoms with van der Waals surface area (Å²) >= 11 is 3.39. The van der Waals surface area contributed by atoms with Crippen LogP contribution in [0.4, 0.5) is 5.69 Å². The minimum atomic E-state index is -4.00. The quantitative estimate of drug-likeness (QED) is 0.256. The van der Waals surface area contributed by atoms with E-state index in [-0.39, 0.29) is 16.6 Å². The van der Waals surface area contributed by atoms with Crippen molar-refractivity contribution < 1.29 is 27.5 Å². The van der Waals surface area contributed by atoms with E-state index in [1.165, 1.54) is 12.1 Å². The lowest BCUT2D eigenvalue weighted by molar-refractivity contribution is -0.140. The molecule has 0 fully saturated rings. The van der Waals surface area contributed by atoms with Crippen molar-refractivity contribution in [2.75, 3.05) is 5.32 Å². The fraction of sp³-hybridized carbons (Fsp3) is 0.154. The third-order valence-corrected chi connectivity index (χ3v) is 7.51. The van der Waals surface area contributed by atoms with Crippen LogP contribution in [0, 0.1) is 5.92 Å².